The second-order valence-corrected chi connectivity index (χ2v) is 8.05. The van der Waals surface area contributed by atoms with Gasteiger partial charge in [-0.3, -0.25) is 14.6 Å². The minimum atomic E-state index is -0.430. The Bertz CT molecular complexity index is 917. The van der Waals surface area contributed by atoms with Gasteiger partial charge in [0.05, 0.1) is 11.9 Å². The van der Waals surface area contributed by atoms with Crippen molar-refractivity contribution >= 4 is 11.8 Å². The number of fused-ring (bicyclic) bond motifs is 2. The highest BCUT2D eigenvalue weighted by molar-refractivity contribution is 5.95. The molecule has 0 radical (unpaired) electrons. The third kappa shape index (κ3) is 3.61. The summed E-state index contributed by atoms with van der Waals surface area (Å²) in [6.45, 7) is 1.82. The van der Waals surface area contributed by atoms with Crippen LogP contribution in [0.5, 0.6) is 0 Å². The first-order valence-electron chi connectivity index (χ1n) is 9.58. The molecule has 0 aliphatic heterocycles. The van der Waals surface area contributed by atoms with Crippen LogP contribution in [0.3, 0.4) is 0 Å². The first-order chi connectivity index (χ1) is 13.4. The highest BCUT2D eigenvalue weighted by Gasteiger charge is 2.52. The molecule has 1 heterocycles. The first-order valence-corrected chi connectivity index (χ1v) is 9.58. The molecule has 1 aromatic carbocycles. The number of hydrogen-bond acceptors (Lipinski definition) is 4. The summed E-state index contributed by atoms with van der Waals surface area (Å²) < 4.78 is 13.4. The van der Waals surface area contributed by atoms with E-state index in [2.05, 4.69) is 20.6 Å². The van der Waals surface area contributed by atoms with Crippen molar-refractivity contribution in [3.63, 3.8) is 0 Å². The Morgan fingerprint density at radius 3 is 2.36 bits per heavy atom. The molecule has 2 fully saturated rings. The van der Waals surface area contributed by atoms with Gasteiger partial charge in [0.25, 0.3) is 11.8 Å². The van der Waals surface area contributed by atoms with E-state index in [-0.39, 0.29) is 22.9 Å². The summed E-state index contributed by atoms with van der Waals surface area (Å²) in [4.78, 5) is 33.6. The number of aromatic nitrogens is 2. The van der Waals surface area contributed by atoms with Crippen LogP contribution < -0.4 is 10.6 Å². The van der Waals surface area contributed by atoms with Crippen LogP contribution in [0.25, 0.3) is 0 Å². The maximum atomic E-state index is 13.4. The van der Waals surface area contributed by atoms with E-state index in [0.717, 1.165) is 37.8 Å². The SMILES string of the molecule is Cc1cnc(C(=O)NC23CCCC(NC(=O)c4cccc(F)c4)(CC2)C3)cn1. The standard InChI is InChI=1S/C21H23FN4O2/c1-14-11-24-17(12-23-14)19(28)26-21-7-3-6-20(13-21,8-9-21)25-18(27)15-4-2-5-16(22)10-15/h2,4-5,10-12H,3,6-9,13H2,1H3,(H,25,27)(H,26,28). The Morgan fingerprint density at radius 1 is 1.00 bits per heavy atom. The molecule has 0 spiro atoms. The van der Waals surface area contributed by atoms with Gasteiger partial charge < -0.3 is 10.6 Å². The number of amides is 2. The molecule has 28 heavy (non-hydrogen) atoms. The molecule has 7 heteroatoms. The average molecular weight is 382 g/mol. The van der Waals surface area contributed by atoms with Crippen LogP contribution in [0, 0.1) is 12.7 Å². The van der Waals surface area contributed by atoms with Gasteiger partial charge in [0.15, 0.2) is 0 Å². The van der Waals surface area contributed by atoms with Crippen molar-refractivity contribution in [3.8, 4) is 0 Å². The van der Waals surface area contributed by atoms with Crippen LogP contribution in [0.2, 0.25) is 0 Å². The molecule has 1 aromatic heterocycles. The monoisotopic (exact) mass is 382 g/mol. The molecular weight excluding hydrogens is 359 g/mol. The van der Waals surface area contributed by atoms with Gasteiger partial charge in [0.2, 0.25) is 0 Å². The quantitative estimate of drug-likeness (QED) is 0.852. The van der Waals surface area contributed by atoms with Crippen LogP contribution in [0.15, 0.2) is 36.7 Å². The maximum Gasteiger partial charge on any atom is 0.271 e. The number of hydrogen-bond donors (Lipinski definition) is 2. The highest BCUT2D eigenvalue weighted by Crippen LogP contribution is 2.48. The number of halogens is 1. The van der Waals surface area contributed by atoms with Crippen molar-refractivity contribution in [1.29, 1.82) is 0 Å². The van der Waals surface area contributed by atoms with Crippen molar-refractivity contribution in [2.45, 2.75) is 56.5 Å². The minimum Gasteiger partial charge on any atom is -0.347 e. The zero-order chi connectivity index (χ0) is 19.8. The van der Waals surface area contributed by atoms with Crippen molar-refractivity contribution in [3.05, 3.63) is 59.4 Å². The molecular formula is C21H23FN4O2. The van der Waals surface area contributed by atoms with E-state index >= 15 is 0 Å². The Labute approximate surface area is 163 Å². The van der Waals surface area contributed by atoms with E-state index in [4.69, 9.17) is 0 Å². The van der Waals surface area contributed by atoms with Crippen LogP contribution in [-0.2, 0) is 0 Å². The largest absolute Gasteiger partial charge is 0.347 e. The first kappa shape index (κ1) is 18.5. The average Bonchev–Trinajstić information content (AvgIpc) is 2.92. The second kappa shape index (κ2) is 6.96. The molecule has 2 saturated carbocycles. The van der Waals surface area contributed by atoms with E-state index in [1.807, 2.05) is 6.92 Å². The van der Waals surface area contributed by atoms with E-state index in [1.165, 1.54) is 24.4 Å². The molecule has 146 valence electrons. The molecule has 2 aliphatic rings. The number of rotatable bonds is 4. The molecule has 2 bridgehead atoms. The lowest BCUT2D eigenvalue weighted by molar-refractivity contribution is 0.0829. The fraction of sp³-hybridized carbons (Fsp3) is 0.429. The van der Waals surface area contributed by atoms with Gasteiger partial charge in [0, 0.05) is 22.8 Å². The predicted molar refractivity (Wildman–Crippen MR) is 101 cm³/mol. The van der Waals surface area contributed by atoms with Crippen molar-refractivity contribution in [1.82, 2.24) is 20.6 Å². The van der Waals surface area contributed by atoms with E-state index in [1.54, 1.807) is 12.3 Å². The molecule has 2 aliphatic carbocycles. The lowest BCUT2D eigenvalue weighted by Gasteiger charge is -2.40. The zero-order valence-corrected chi connectivity index (χ0v) is 15.8. The fourth-order valence-corrected chi connectivity index (χ4v) is 4.59. The molecule has 6 nitrogen and oxygen atoms in total. The summed E-state index contributed by atoms with van der Waals surface area (Å²) in [6, 6.07) is 5.71. The van der Waals surface area contributed by atoms with Crippen LogP contribution >= 0.6 is 0 Å². The van der Waals surface area contributed by atoms with E-state index in [0.29, 0.717) is 17.7 Å². The Hall–Kier alpha value is -2.83. The summed E-state index contributed by atoms with van der Waals surface area (Å²) in [5.41, 5.74) is 0.654. The third-order valence-electron chi connectivity index (χ3n) is 5.93. The van der Waals surface area contributed by atoms with Crippen molar-refractivity contribution < 1.29 is 14.0 Å². The third-order valence-corrected chi connectivity index (χ3v) is 5.93. The fourth-order valence-electron chi connectivity index (χ4n) is 4.59. The Balaban J connectivity index is 1.47. The van der Waals surface area contributed by atoms with E-state index in [9.17, 15) is 14.0 Å². The number of benzene rings is 1. The topological polar surface area (TPSA) is 84.0 Å². The molecule has 2 N–H and O–H groups in total. The number of carbonyl (C=O) groups excluding carboxylic acids is 2. The number of nitrogens with one attached hydrogen (secondary N) is 2. The Kier molecular flexibility index (Phi) is 4.61. The molecule has 0 saturated heterocycles. The van der Waals surface area contributed by atoms with E-state index < -0.39 is 5.82 Å². The summed E-state index contributed by atoms with van der Waals surface area (Å²) in [5, 5.41) is 6.28. The summed E-state index contributed by atoms with van der Waals surface area (Å²) >= 11 is 0. The number of carbonyl (C=O) groups is 2. The zero-order valence-electron chi connectivity index (χ0n) is 15.8. The summed E-state index contributed by atoms with van der Waals surface area (Å²) in [5.74, 6) is -0.935. The molecule has 4 rings (SSSR count). The van der Waals surface area contributed by atoms with Crippen molar-refractivity contribution in [2.75, 3.05) is 0 Å². The number of nitrogens with zero attached hydrogens (tertiary/aromatic N) is 2. The summed E-state index contributed by atoms with van der Waals surface area (Å²) in [7, 11) is 0. The molecule has 2 atom stereocenters. The second-order valence-electron chi connectivity index (χ2n) is 8.05. The molecule has 2 aromatic rings. The van der Waals surface area contributed by atoms with Gasteiger partial charge in [-0.05, 0) is 63.6 Å². The lowest BCUT2D eigenvalue weighted by Crippen LogP contribution is -2.55. The van der Waals surface area contributed by atoms with Gasteiger partial charge >= 0.3 is 0 Å². The molecule has 2 unspecified atom stereocenters. The van der Waals surface area contributed by atoms with Gasteiger partial charge in [-0.25, -0.2) is 9.37 Å². The smallest absolute Gasteiger partial charge is 0.271 e. The van der Waals surface area contributed by atoms with Crippen LogP contribution in [-0.4, -0.2) is 32.9 Å². The number of aryl methyl sites for hydroxylation is 1. The normalized spacial score (nSPS) is 25.9. The lowest BCUT2D eigenvalue weighted by atomic mass is 9.78. The van der Waals surface area contributed by atoms with Gasteiger partial charge in [-0.1, -0.05) is 6.07 Å². The van der Waals surface area contributed by atoms with Crippen LogP contribution in [0.1, 0.15) is 65.1 Å². The van der Waals surface area contributed by atoms with Crippen molar-refractivity contribution in [2.24, 2.45) is 0 Å². The predicted octanol–water partition coefficient (Wildman–Crippen LogP) is 2.93. The van der Waals surface area contributed by atoms with Gasteiger partial charge in [-0.2, -0.15) is 0 Å². The Morgan fingerprint density at radius 2 is 1.71 bits per heavy atom. The molecule has 2 amide bonds. The van der Waals surface area contributed by atoms with Gasteiger partial charge in [-0.15, -0.1) is 0 Å². The van der Waals surface area contributed by atoms with Gasteiger partial charge in [0.1, 0.15) is 11.5 Å². The minimum absolute atomic E-state index is 0.235. The van der Waals surface area contributed by atoms with Crippen LogP contribution in [0.4, 0.5) is 4.39 Å². The summed E-state index contributed by atoms with van der Waals surface area (Å²) in [6.07, 6.45) is 7.94. The highest BCUT2D eigenvalue weighted by atomic mass is 19.1. The maximum absolute atomic E-state index is 13.4.